The summed E-state index contributed by atoms with van der Waals surface area (Å²) in [5, 5.41) is 12.6. The quantitative estimate of drug-likeness (QED) is 0.697. The molecule has 0 aliphatic rings. The summed E-state index contributed by atoms with van der Waals surface area (Å²) in [6, 6.07) is -0.578. The zero-order valence-corrected chi connectivity index (χ0v) is 11.2. The van der Waals surface area contributed by atoms with Crippen LogP contribution >= 0.6 is 11.8 Å². The summed E-state index contributed by atoms with van der Waals surface area (Å²) in [6.45, 7) is 6.85. The lowest BCUT2D eigenvalue weighted by molar-refractivity contribution is -0.136. The van der Waals surface area contributed by atoms with Gasteiger partial charge in [-0.25, -0.2) is 4.79 Å². The highest BCUT2D eigenvalue weighted by molar-refractivity contribution is 8.01. The SMILES string of the molecule is CC(SCC(=O)NC(=O)NC(C)(C)C)C(=O)O. The Morgan fingerprint density at radius 3 is 2.24 bits per heavy atom. The van der Waals surface area contributed by atoms with Crippen LogP contribution in [0.5, 0.6) is 0 Å². The maximum absolute atomic E-state index is 11.3. The van der Waals surface area contributed by atoms with Crippen LogP contribution in [-0.2, 0) is 9.59 Å². The van der Waals surface area contributed by atoms with Crippen LogP contribution in [0.25, 0.3) is 0 Å². The van der Waals surface area contributed by atoms with Crippen molar-refractivity contribution in [3.05, 3.63) is 0 Å². The first-order chi connectivity index (χ1) is 7.61. The summed E-state index contributed by atoms with van der Waals surface area (Å²) < 4.78 is 0. The maximum Gasteiger partial charge on any atom is 0.321 e. The van der Waals surface area contributed by atoms with E-state index in [4.69, 9.17) is 5.11 Å². The Hall–Kier alpha value is -1.24. The van der Waals surface area contributed by atoms with Gasteiger partial charge in [-0.15, -0.1) is 11.8 Å². The van der Waals surface area contributed by atoms with E-state index in [-0.39, 0.29) is 5.75 Å². The molecule has 6 nitrogen and oxygen atoms in total. The predicted molar refractivity (Wildman–Crippen MR) is 66.0 cm³/mol. The van der Waals surface area contributed by atoms with E-state index in [1.807, 2.05) is 0 Å². The molecule has 0 heterocycles. The summed E-state index contributed by atoms with van der Waals surface area (Å²) in [4.78, 5) is 33.0. The van der Waals surface area contributed by atoms with E-state index in [1.165, 1.54) is 6.92 Å². The zero-order chi connectivity index (χ0) is 13.6. The van der Waals surface area contributed by atoms with Crippen LogP contribution in [0.15, 0.2) is 0 Å². The van der Waals surface area contributed by atoms with Gasteiger partial charge >= 0.3 is 12.0 Å². The fraction of sp³-hybridized carbons (Fsp3) is 0.700. The minimum Gasteiger partial charge on any atom is -0.480 e. The number of rotatable bonds is 4. The zero-order valence-electron chi connectivity index (χ0n) is 10.4. The first kappa shape index (κ1) is 15.8. The Labute approximate surface area is 105 Å². The lowest BCUT2D eigenvalue weighted by atomic mass is 10.1. The normalized spacial score (nSPS) is 12.7. The molecule has 17 heavy (non-hydrogen) atoms. The third kappa shape index (κ3) is 8.56. The van der Waals surface area contributed by atoms with Gasteiger partial charge < -0.3 is 10.4 Å². The van der Waals surface area contributed by atoms with E-state index in [0.717, 1.165) is 11.8 Å². The lowest BCUT2D eigenvalue weighted by Crippen LogP contribution is -2.48. The standard InChI is InChI=1S/C10H18N2O4S/c1-6(8(14)15)17-5-7(13)11-9(16)12-10(2,3)4/h6H,5H2,1-4H3,(H,14,15)(H2,11,12,13,16). The monoisotopic (exact) mass is 262 g/mol. The molecule has 0 aliphatic heterocycles. The fourth-order valence-corrected chi connectivity index (χ4v) is 1.42. The van der Waals surface area contributed by atoms with E-state index in [9.17, 15) is 14.4 Å². The molecule has 0 aromatic heterocycles. The number of hydrogen-bond donors (Lipinski definition) is 3. The molecule has 98 valence electrons. The number of nitrogens with one attached hydrogen (secondary N) is 2. The highest BCUT2D eigenvalue weighted by atomic mass is 32.2. The van der Waals surface area contributed by atoms with Crippen LogP contribution in [0.3, 0.4) is 0 Å². The highest BCUT2D eigenvalue weighted by Gasteiger charge is 2.17. The van der Waals surface area contributed by atoms with E-state index in [2.05, 4.69) is 10.6 Å². The largest absolute Gasteiger partial charge is 0.480 e. The Balaban J connectivity index is 3.95. The number of thioether (sulfide) groups is 1. The van der Waals surface area contributed by atoms with Gasteiger partial charge in [-0.1, -0.05) is 0 Å². The van der Waals surface area contributed by atoms with Gasteiger partial charge in [0, 0.05) is 5.54 Å². The molecule has 0 spiro atoms. The summed E-state index contributed by atoms with van der Waals surface area (Å²) in [5.41, 5.74) is -0.425. The van der Waals surface area contributed by atoms with Crippen molar-refractivity contribution in [3.8, 4) is 0 Å². The van der Waals surface area contributed by atoms with E-state index in [1.54, 1.807) is 20.8 Å². The molecule has 0 aliphatic carbocycles. The average molecular weight is 262 g/mol. The Morgan fingerprint density at radius 1 is 1.29 bits per heavy atom. The van der Waals surface area contributed by atoms with Crippen LogP contribution in [0.4, 0.5) is 4.79 Å². The molecule has 0 saturated carbocycles. The molecule has 1 atom stereocenters. The molecule has 3 amide bonds. The number of carboxylic acids is 1. The Kier molecular flexibility index (Phi) is 6.01. The van der Waals surface area contributed by atoms with Gasteiger partial charge in [0.15, 0.2) is 0 Å². The second-order valence-corrected chi connectivity index (χ2v) is 5.87. The number of amides is 3. The molecule has 3 N–H and O–H groups in total. The van der Waals surface area contributed by atoms with Crippen molar-refractivity contribution in [1.82, 2.24) is 10.6 Å². The van der Waals surface area contributed by atoms with Crippen molar-refractivity contribution < 1.29 is 19.5 Å². The lowest BCUT2D eigenvalue weighted by Gasteiger charge is -2.20. The van der Waals surface area contributed by atoms with Crippen molar-refractivity contribution in [2.75, 3.05) is 5.75 Å². The minimum absolute atomic E-state index is 0.0645. The van der Waals surface area contributed by atoms with Gasteiger partial charge in [-0.05, 0) is 27.7 Å². The number of carboxylic acid groups (broad SMARTS) is 1. The summed E-state index contributed by atoms with van der Waals surface area (Å²) in [6.07, 6.45) is 0. The fourth-order valence-electron chi connectivity index (χ4n) is 0.807. The van der Waals surface area contributed by atoms with Crippen molar-refractivity contribution in [2.24, 2.45) is 0 Å². The third-order valence-corrected chi connectivity index (χ3v) is 2.68. The van der Waals surface area contributed by atoms with Crippen molar-refractivity contribution in [2.45, 2.75) is 38.5 Å². The summed E-state index contributed by atoms with van der Waals surface area (Å²) >= 11 is 0.961. The van der Waals surface area contributed by atoms with Gasteiger partial charge in [0.2, 0.25) is 5.91 Å². The van der Waals surface area contributed by atoms with Crippen LogP contribution in [0, 0.1) is 0 Å². The maximum atomic E-state index is 11.3. The molecule has 7 heteroatoms. The summed E-state index contributed by atoms with van der Waals surface area (Å²) in [5.74, 6) is -1.56. The van der Waals surface area contributed by atoms with E-state index in [0.29, 0.717) is 0 Å². The molecule has 0 fully saturated rings. The number of hydrogen-bond acceptors (Lipinski definition) is 4. The Morgan fingerprint density at radius 2 is 1.82 bits per heavy atom. The van der Waals surface area contributed by atoms with Gasteiger partial charge in [0.1, 0.15) is 0 Å². The second-order valence-electron chi connectivity index (χ2n) is 4.54. The molecule has 1 unspecified atom stereocenters. The molecule has 0 rings (SSSR count). The Bertz CT molecular complexity index is 312. The molecule has 0 bridgehead atoms. The van der Waals surface area contributed by atoms with Crippen molar-refractivity contribution >= 4 is 29.7 Å². The summed E-state index contributed by atoms with van der Waals surface area (Å²) in [7, 11) is 0. The minimum atomic E-state index is -0.984. The first-order valence-corrected chi connectivity index (χ1v) is 6.13. The van der Waals surface area contributed by atoms with E-state index < -0.39 is 28.7 Å². The molecule has 0 aromatic carbocycles. The number of carbonyl (C=O) groups excluding carboxylic acids is 2. The van der Waals surface area contributed by atoms with Gasteiger partial charge in [0.05, 0.1) is 11.0 Å². The van der Waals surface area contributed by atoms with E-state index >= 15 is 0 Å². The van der Waals surface area contributed by atoms with Gasteiger partial charge in [0.25, 0.3) is 0 Å². The van der Waals surface area contributed by atoms with Crippen molar-refractivity contribution in [1.29, 1.82) is 0 Å². The topological polar surface area (TPSA) is 95.5 Å². The van der Waals surface area contributed by atoms with Crippen LogP contribution < -0.4 is 10.6 Å². The molecule has 0 radical (unpaired) electrons. The van der Waals surface area contributed by atoms with Gasteiger partial charge in [-0.3, -0.25) is 14.9 Å². The van der Waals surface area contributed by atoms with Crippen molar-refractivity contribution in [3.63, 3.8) is 0 Å². The predicted octanol–water partition coefficient (Wildman–Crippen LogP) is 0.817. The number of aliphatic carboxylic acids is 1. The number of carbonyl (C=O) groups is 3. The molecule has 0 aromatic rings. The smallest absolute Gasteiger partial charge is 0.321 e. The average Bonchev–Trinajstić information content (AvgIpc) is 2.10. The first-order valence-electron chi connectivity index (χ1n) is 5.08. The second kappa shape index (κ2) is 6.48. The van der Waals surface area contributed by atoms with Gasteiger partial charge in [-0.2, -0.15) is 0 Å². The third-order valence-electron chi connectivity index (χ3n) is 1.55. The number of imide groups is 1. The van der Waals surface area contributed by atoms with Crippen LogP contribution in [0.2, 0.25) is 0 Å². The van der Waals surface area contributed by atoms with Crippen LogP contribution in [-0.4, -0.2) is 39.6 Å². The van der Waals surface area contributed by atoms with Crippen LogP contribution in [0.1, 0.15) is 27.7 Å². The number of urea groups is 1. The molecule has 0 saturated heterocycles. The molecular weight excluding hydrogens is 244 g/mol. The highest BCUT2D eigenvalue weighted by Crippen LogP contribution is 2.09. The molecular formula is C10H18N2O4S.